The number of rotatable bonds is 4. The Morgan fingerprint density at radius 3 is 2.22 bits per heavy atom. The van der Waals surface area contributed by atoms with Crippen molar-refractivity contribution in [2.75, 3.05) is 0 Å². The molecule has 3 rings (SSSR count). The molecule has 0 aliphatic heterocycles. The van der Waals surface area contributed by atoms with Gasteiger partial charge in [0.25, 0.3) is 0 Å². The summed E-state index contributed by atoms with van der Waals surface area (Å²) in [4.78, 5) is 1.32. The Labute approximate surface area is 170 Å². The van der Waals surface area contributed by atoms with Gasteiger partial charge < -0.3 is 0 Å². The highest BCUT2D eigenvalue weighted by atomic mass is 35.5. The molecule has 3 aromatic rings. The minimum absolute atomic E-state index is 0.299. The summed E-state index contributed by atoms with van der Waals surface area (Å²) in [5, 5.41) is 10.8. The van der Waals surface area contributed by atoms with Gasteiger partial charge in [-0.3, -0.25) is 4.57 Å². The molecule has 0 saturated heterocycles. The van der Waals surface area contributed by atoms with E-state index in [1.807, 2.05) is 30.4 Å². The maximum absolute atomic E-state index is 6.13. The standard InChI is InChI=1S/C22H26ClN3S/c1-12(2)19(17-8-10-18(23)11-9-17)20-14(5)15(6)27-22(20)26-16(7)24-25-21(26)13(3)4/h8-11,13H,1-7H3. The molecular weight excluding hydrogens is 374 g/mol. The van der Waals surface area contributed by atoms with Crippen LogP contribution < -0.4 is 0 Å². The molecule has 0 fully saturated rings. The van der Waals surface area contributed by atoms with Gasteiger partial charge in [0.1, 0.15) is 16.6 Å². The lowest BCUT2D eigenvalue weighted by molar-refractivity contribution is 0.745. The van der Waals surface area contributed by atoms with Crippen LogP contribution in [0.2, 0.25) is 5.02 Å². The van der Waals surface area contributed by atoms with Gasteiger partial charge in [0, 0.05) is 21.4 Å². The topological polar surface area (TPSA) is 30.7 Å². The zero-order valence-corrected chi connectivity index (χ0v) is 18.6. The molecule has 0 aliphatic rings. The Hall–Kier alpha value is -1.91. The van der Waals surface area contributed by atoms with E-state index in [4.69, 9.17) is 11.6 Å². The highest BCUT2D eigenvalue weighted by molar-refractivity contribution is 7.15. The van der Waals surface area contributed by atoms with Crippen LogP contribution in [-0.4, -0.2) is 14.8 Å². The van der Waals surface area contributed by atoms with Crippen molar-refractivity contribution in [2.24, 2.45) is 0 Å². The van der Waals surface area contributed by atoms with Gasteiger partial charge in [-0.25, -0.2) is 0 Å². The van der Waals surface area contributed by atoms with E-state index in [2.05, 4.69) is 68.4 Å². The second kappa shape index (κ2) is 7.61. The molecule has 0 bridgehead atoms. The van der Waals surface area contributed by atoms with Crippen LogP contribution in [0.1, 0.15) is 66.8 Å². The SMILES string of the molecule is CC(C)=C(c1ccc(Cl)cc1)c1c(-n2c(C)nnc2C(C)C)sc(C)c1C. The average Bonchev–Trinajstić information content (AvgIpc) is 3.11. The Balaban J connectivity index is 2.33. The number of halogens is 1. The van der Waals surface area contributed by atoms with Crippen molar-refractivity contribution in [3.63, 3.8) is 0 Å². The second-order valence-corrected chi connectivity index (χ2v) is 9.08. The molecule has 27 heavy (non-hydrogen) atoms. The summed E-state index contributed by atoms with van der Waals surface area (Å²) in [7, 11) is 0. The summed E-state index contributed by atoms with van der Waals surface area (Å²) in [5.41, 5.74) is 6.29. The van der Waals surface area contributed by atoms with Crippen LogP contribution in [0.3, 0.4) is 0 Å². The largest absolute Gasteiger partial charge is 0.273 e. The van der Waals surface area contributed by atoms with Gasteiger partial charge in [0.05, 0.1) is 0 Å². The molecular formula is C22H26ClN3S. The second-order valence-electron chi connectivity index (χ2n) is 7.44. The number of aromatic nitrogens is 3. The average molecular weight is 400 g/mol. The number of hydrogen-bond acceptors (Lipinski definition) is 3. The van der Waals surface area contributed by atoms with Gasteiger partial charge in [-0.1, -0.05) is 43.2 Å². The van der Waals surface area contributed by atoms with E-state index in [1.54, 1.807) is 0 Å². The Bertz CT molecular complexity index is 1000. The van der Waals surface area contributed by atoms with Gasteiger partial charge in [-0.15, -0.1) is 21.5 Å². The first-order chi connectivity index (χ1) is 12.7. The van der Waals surface area contributed by atoms with Gasteiger partial charge >= 0.3 is 0 Å². The minimum atomic E-state index is 0.299. The van der Waals surface area contributed by atoms with Crippen molar-refractivity contribution in [3.8, 4) is 5.00 Å². The van der Waals surface area contributed by atoms with Gasteiger partial charge in [-0.2, -0.15) is 0 Å². The van der Waals surface area contributed by atoms with Crippen molar-refractivity contribution < 1.29 is 0 Å². The fourth-order valence-corrected chi connectivity index (χ4v) is 4.71. The highest BCUT2D eigenvalue weighted by Gasteiger charge is 2.24. The first-order valence-corrected chi connectivity index (χ1v) is 10.4. The minimum Gasteiger partial charge on any atom is -0.273 e. The predicted octanol–water partition coefficient (Wildman–Crippen LogP) is 6.87. The smallest absolute Gasteiger partial charge is 0.140 e. The molecule has 2 aromatic heterocycles. The van der Waals surface area contributed by atoms with Gasteiger partial charge in [0.2, 0.25) is 0 Å². The van der Waals surface area contributed by atoms with Crippen LogP contribution in [0, 0.1) is 20.8 Å². The summed E-state index contributed by atoms with van der Waals surface area (Å²) in [6.07, 6.45) is 0. The van der Waals surface area contributed by atoms with Crippen molar-refractivity contribution in [1.82, 2.24) is 14.8 Å². The van der Waals surface area contributed by atoms with Crippen LogP contribution in [-0.2, 0) is 0 Å². The quantitative estimate of drug-likeness (QED) is 0.479. The molecule has 0 aliphatic carbocycles. The van der Waals surface area contributed by atoms with E-state index >= 15 is 0 Å². The predicted molar refractivity (Wildman–Crippen MR) is 116 cm³/mol. The van der Waals surface area contributed by atoms with E-state index in [0.717, 1.165) is 16.7 Å². The molecule has 0 unspecified atom stereocenters. The number of allylic oxidation sites excluding steroid dienone is 1. The third-order valence-electron chi connectivity index (χ3n) is 4.82. The zero-order valence-electron chi connectivity index (χ0n) is 17.0. The van der Waals surface area contributed by atoms with Gasteiger partial charge in [0.15, 0.2) is 0 Å². The van der Waals surface area contributed by atoms with E-state index in [-0.39, 0.29) is 0 Å². The number of benzene rings is 1. The van der Waals surface area contributed by atoms with Crippen molar-refractivity contribution in [2.45, 2.75) is 54.4 Å². The Kier molecular flexibility index (Phi) is 5.59. The molecule has 142 valence electrons. The molecule has 5 heteroatoms. The van der Waals surface area contributed by atoms with Crippen LogP contribution in [0.5, 0.6) is 0 Å². The maximum Gasteiger partial charge on any atom is 0.140 e. The molecule has 3 nitrogen and oxygen atoms in total. The molecule has 0 spiro atoms. The van der Waals surface area contributed by atoms with Crippen molar-refractivity contribution >= 4 is 28.5 Å². The van der Waals surface area contributed by atoms with Crippen LogP contribution >= 0.6 is 22.9 Å². The lowest BCUT2D eigenvalue weighted by Gasteiger charge is -2.17. The molecule has 0 amide bonds. The normalized spacial score (nSPS) is 11.3. The Morgan fingerprint density at radius 2 is 1.67 bits per heavy atom. The summed E-state index contributed by atoms with van der Waals surface area (Å²) >= 11 is 7.94. The van der Waals surface area contributed by atoms with E-state index in [9.17, 15) is 0 Å². The Morgan fingerprint density at radius 1 is 1.04 bits per heavy atom. The zero-order chi connectivity index (χ0) is 19.9. The first kappa shape index (κ1) is 19.8. The first-order valence-electron chi connectivity index (χ1n) is 9.18. The monoisotopic (exact) mass is 399 g/mol. The molecule has 0 radical (unpaired) electrons. The van der Waals surface area contributed by atoms with Crippen LogP contribution in [0.25, 0.3) is 10.6 Å². The number of thiophene rings is 1. The van der Waals surface area contributed by atoms with E-state index < -0.39 is 0 Å². The van der Waals surface area contributed by atoms with Crippen molar-refractivity contribution in [1.29, 1.82) is 0 Å². The molecule has 0 saturated carbocycles. The van der Waals surface area contributed by atoms with Crippen LogP contribution in [0.4, 0.5) is 0 Å². The number of hydrogen-bond donors (Lipinski definition) is 0. The number of nitrogens with zero attached hydrogens (tertiary/aromatic N) is 3. The number of aryl methyl sites for hydroxylation is 2. The van der Waals surface area contributed by atoms with Crippen molar-refractivity contribution in [3.05, 3.63) is 68.1 Å². The summed E-state index contributed by atoms with van der Waals surface area (Å²) in [5.74, 6) is 2.22. The summed E-state index contributed by atoms with van der Waals surface area (Å²) < 4.78 is 2.23. The third kappa shape index (κ3) is 3.61. The molecule has 1 aromatic carbocycles. The highest BCUT2D eigenvalue weighted by Crippen LogP contribution is 2.41. The molecule has 2 heterocycles. The maximum atomic E-state index is 6.13. The lowest BCUT2D eigenvalue weighted by atomic mass is 9.92. The molecule has 0 atom stereocenters. The fraction of sp³-hybridized carbons (Fsp3) is 0.364. The third-order valence-corrected chi connectivity index (χ3v) is 6.26. The summed E-state index contributed by atoms with van der Waals surface area (Å²) in [6, 6.07) is 8.11. The fourth-order valence-electron chi connectivity index (χ4n) is 3.36. The summed E-state index contributed by atoms with van der Waals surface area (Å²) in [6.45, 7) is 15.1. The van der Waals surface area contributed by atoms with E-state index in [1.165, 1.54) is 37.7 Å². The van der Waals surface area contributed by atoms with E-state index in [0.29, 0.717) is 5.92 Å². The molecule has 0 N–H and O–H groups in total. The lowest BCUT2D eigenvalue weighted by Crippen LogP contribution is -2.06. The van der Waals surface area contributed by atoms with Gasteiger partial charge in [-0.05, 0) is 63.5 Å². The van der Waals surface area contributed by atoms with Crippen LogP contribution in [0.15, 0.2) is 29.8 Å².